The second-order valence-corrected chi connectivity index (χ2v) is 5.10. The van der Waals surface area contributed by atoms with Gasteiger partial charge in [-0.25, -0.2) is 4.79 Å². The lowest BCUT2D eigenvalue weighted by atomic mass is 10.0. The number of methoxy groups -OCH3 is 1. The predicted molar refractivity (Wildman–Crippen MR) is 77.5 cm³/mol. The number of ether oxygens (including phenoxy) is 1. The highest BCUT2D eigenvalue weighted by Gasteiger charge is 2.31. The molecule has 2 rings (SSSR count). The average Bonchev–Trinajstić information content (AvgIpc) is 2.45. The summed E-state index contributed by atoms with van der Waals surface area (Å²) in [5.74, 6) is -0.775. The van der Waals surface area contributed by atoms with Crippen molar-refractivity contribution in [1.82, 2.24) is 5.32 Å². The Hall–Kier alpha value is -2.36. The standard InChI is InChI=1S/C16H17NO3/c1-16(2,15(19)20-3)17-14(18)13-10-6-8-11-7-4-5-9-12(11)13/h4-10H,1-3H3,(H,17,18). The number of carbonyl (C=O) groups is 2. The number of rotatable bonds is 3. The van der Waals surface area contributed by atoms with Gasteiger partial charge in [0.15, 0.2) is 0 Å². The first-order valence-corrected chi connectivity index (χ1v) is 6.34. The third kappa shape index (κ3) is 2.64. The van der Waals surface area contributed by atoms with E-state index in [1.165, 1.54) is 7.11 Å². The van der Waals surface area contributed by atoms with E-state index in [0.717, 1.165) is 10.8 Å². The van der Waals surface area contributed by atoms with Crippen LogP contribution in [0.1, 0.15) is 24.2 Å². The lowest BCUT2D eigenvalue weighted by Gasteiger charge is -2.23. The van der Waals surface area contributed by atoms with Crippen LogP contribution in [0, 0.1) is 0 Å². The zero-order valence-corrected chi connectivity index (χ0v) is 11.8. The van der Waals surface area contributed by atoms with E-state index in [9.17, 15) is 9.59 Å². The predicted octanol–water partition coefficient (Wildman–Crippen LogP) is 2.52. The molecule has 0 aliphatic carbocycles. The van der Waals surface area contributed by atoms with Crippen LogP contribution < -0.4 is 5.32 Å². The molecule has 0 atom stereocenters. The van der Waals surface area contributed by atoms with Crippen molar-refractivity contribution in [2.75, 3.05) is 7.11 Å². The average molecular weight is 271 g/mol. The Balaban J connectivity index is 2.35. The summed E-state index contributed by atoms with van der Waals surface area (Å²) in [7, 11) is 1.30. The molecule has 2 aromatic rings. The molecule has 1 amide bonds. The van der Waals surface area contributed by atoms with Gasteiger partial charge in [0.25, 0.3) is 5.91 Å². The maximum absolute atomic E-state index is 12.4. The molecule has 0 heterocycles. The molecule has 0 fully saturated rings. The number of fused-ring (bicyclic) bond motifs is 1. The maximum Gasteiger partial charge on any atom is 0.330 e. The van der Waals surface area contributed by atoms with Gasteiger partial charge in [0.1, 0.15) is 5.54 Å². The molecule has 0 bridgehead atoms. The number of nitrogens with one attached hydrogen (secondary N) is 1. The highest BCUT2D eigenvalue weighted by atomic mass is 16.5. The number of hydrogen-bond acceptors (Lipinski definition) is 3. The highest BCUT2D eigenvalue weighted by Crippen LogP contribution is 2.19. The fraction of sp³-hybridized carbons (Fsp3) is 0.250. The number of carbonyl (C=O) groups excluding carboxylic acids is 2. The van der Waals surface area contributed by atoms with E-state index in [1.807, 2.05) is 36.4 Å². The summed E-state index contributed by atoms with van der Waals surface area (Å²) in [6.45, 7) is 3.23. The van der Waals surface area contributed by atoms with E-state index in [0.29, 0.717) is 5.56 Å². The minimum atomic E-state index is -1.07. The van der Waals surface area contributed by atoms with Crippen LogP contribution in [0.3, 0.4) is 0 Å². The summed E-state index contributed by atoms with van der Waals surface area (Å²) in [6, 6.07) is 13.1. The normalized spacial score (nSPS) is 11.2. The Morgan fingerprint density at radius 2 is 1.70 bits per heavy atom. The van der Waals surface area contributed by atoms with Gasteiger partial charge in [0, 0.05) is 5.56 Å². The second kappa shape index (κ2) is 5.33. The van der Waals surface area contributed by atoms with Crippen LogP contribution in [0.25, 0.3) is 10.8 Å². The quantitative estimate of drug-likeness (QED) is 0.873. The lowest BCUT2D eigenvalue weighted by molar-refractivity contribution is -0.146. The molecular formula is C16H17NO3. The van der Waals surface area contributed by atoms with Crippen molar-refractivity contribution in [2.45, 2.75) is 19.4 Å². The molecule has 4 nitrogen and oxygen atoms in total. The number of benzene rings is 2. The number of amides is 1. The highest BCUT2D eigenvalue weighted by molar-refractivity contribution is 6.08. The van der Waals surface area contributed by atoms with Gasteiger partial charge in [-0.15, -0.1) is 0 Å². The van der Waals surface area contributed by atoms with Crippen LogP contribution in [-0.2, 0) is 9.53 Å². The molecule has 0 spiro atoms. The van der Waals surface area contributed by atoms with Gasteiger partial charge in [-0.3, -0.25) is 4.79 Å². The van der Waals surface area contributed by atoms with E-state index in [4.69, 9.17) is 0 Å². The summed E-state index contributed by atoms with van der Waals surface area (Å²) in [5.41, 5.74) is -0.525. The molecule has 2 aromatic carbocycles. The third-order valence-corrected chi connectivity index (χ3v) is 3.16. The minimum Gasteiger partial charge on any atom is -0.467 e. The van der Waals surface area contributed by atoms with Crippen molar-refractivity contribution in [3.05, 3.63) is 48.0 Å². The maximum atomic E-state index is 12.4. The molecule has 1 N–H and O–H groups in total. The van der Waals surface area contributed by atoms with Gasteiger partial charge in [0.05, 0.1) is 7.11 Å². The first-order valence-electron chi connectivity index (χ1n) is 6.34. The molecule has 20 heavy (non-hydrogen) atoms. The smallest absolute Gasteiger partial charge is 0.330 e. The molecule has 4 heteroatoms. The number of esters is 1. The molecule has 0 saturated heterocycles. The van der Waals surface area contributed by atoms with Crippen LogP contribution in [-0.4, -0.2) is 24.5 Å². The summed E-state index contributed by atoms with van der Waals surface area (Å²) in [6.07, 6.45) is 0. The summed E-state index contributed by atoms with van der Waals surface area (Å²) < 4.78 is 4.69. The molecule has 0 saturated carbocycles. The third-order valence-electron chi connectivity index (χ3n) is 3.16. The molecular weight excluding hydrogens is 254 g/mol. The van der Waals surface area contributed by atoms with Crippen LogP contribution in [0.5, 0.6) is 0 Å². The van der Waals surface area contributed by atoms with Crippen molar-refractivity contribution in [1.29, 1.82) is 0 Å². The van der Waals surface area contributed by atoms with Gasteiger partial charge in [-0.05, 0) is 30.7 Å². The monoisotopic (exact) mass is 271 g/mol. The van der Waals surface area contributed by atoms with Gasteiger partial charge >= 0.3 is 5.97 Å². The first kappa shape index (κ1) is 14.1. The van der Waals surface area contributed by atoms with Crippen LogP contribution in [0.2, 0.25) is 0 Å². The van der Waals surface area contributed by atoms with E-state index in [-0.39, 0.29) is 5.91 Å². The van der Waals surface area contributed by atoms with Gasteiger partial charge in [-0.2, -0.15) is 0 Å². The van der Waals surface area contributed by atoms with Crippen molar-refractivity contribution < 1.29 is 14.3 Å². The zero-order valence-electron chi connectivity index (χ0n) is 11.8. The Bertz CT molecular complexity index is 656. The van der Waals surface area contributed by atoms with Crippen molar-refractivity contribution in [3.8, 4) is 0 Å². The summed E-state index contributed by atoms with van der Waals surface area (Å²) in [5, 5.41) is 4.54. The Labute approximate surface area is 117 Å². The van der Waals surface area contributed by atoms with E-state index in [2.05, 4.69) is 10.1 Å². The zero-order chi connectivity index (χ0) is 14.8. The summed E-state index contributed by atoms with van der Waals surface area (Å²) in [4.78, 5) is 24.0. The number of hydrogen-bond donors (Lipinski definition) is 1. The molecule has 0 aliphatic rings. The fourth-order valence-corrected chi connectivity index (χ4v) is 2.08. The summed E-state index contributed by atoms with van der Waals surface area (Å²) >= 11 is 0. The van der Waals surface area contributed by atoms with Gasteiger partial charge in [-0.1, -0.05) is 36.4 Å². The van der Waals surface area contributed by atoms with Gasteiger partial charge in [0.2, 0.25) is 0 Å². The Morgan fingerprint density at radius 1 is 1.05 bits per heavy atom. The molecule has 0 radical (unpaired) electrons. The van der Waals surface area contributed by atoms with Gasteiger partial charge < -0.3 is 10.1 Å². The van der Waals surface area contributed by atoms with E-state index in [1.54, 1.807) is 19.9 Å². The Kier molecular flexibility index (Phi) is 3.74. The lowest BCUT2D eigenvalue weighted by Crippen LogP contribution is -2.50. The first-order chi connectivity index (χ1) is 9.45. The van der Waals surface area contributed by atoms with Crippen LogP contribution in [0.15, 0.2) is 42.5 Å². The molecule has 0 aliphatic heterocycles. The van der Waals surface area contributed by atoms with Crippen molar-refractivity contribution in [3.63, 3.8) is 0 Å². The minimum absolute atomic E-state index is 0.294. The van der Waals surface area contributed by atoms with E-state index >= 15 is 0 Å². The molecule has 0 unspecified atom stereocenters. The molecule has 0 aromatic heterocycles. The van der Waals surface area contributed by atoms with Crippen molar-refractivity contribution >= 4 is 22.6 Å². The van der Waals surface area contributed by atoms with E-state index < -0.39 is 11.5 Å². The topological polar surface area (TPSA) is 55.4 Å². The molecule has 104 valence electrons. The van der Waals surface area contributed by atoms with Crippen molar-refractivity contribution in [2.24, 2.45) is 0 Å². The fourth-order valence-electron chi connectivity index (χ4n) is 2.08. The SMILES string of the molecule is COC(=O)C(C)(C)NC(=O)c1cccc2ccccc12. The Morgan fingerprint density at radius 3 is 2.40 bits per heavy atom. The van der Waals surface area contributed by atoms with Crippen LogP contribution in [0.4, 0.5) is 0 Å². The second-order valence-electron chi connectivity index (χ2n) is 5.10. The largest absolute Gasteiger partial charge is 0.467 e. The van der Waals surface area contributed by atoms with Crippen LogP contribution >= 0.6 is 0 Å².